The third-order valence-electron chi connectivity index (χ3n) is 2.84. The highest BCUT2D eigenvalue weighted by Crippen LogP contribution is 2.26. The Morgan fingerprint density at radius 2 is 1.70 bits per heavy atom. The average Bonchev–Trinajstić information content (AvgIpc) is 2.83. The Labute approximate surface area is 118 Å². The smallest absolute Gasteiger partial charge is 0.123 e. The molecule has 0 aliphatic carbocycles. The highest BCUT2D eigenvalue weighted by molar-refractivity contribution is 5.93. The first-order valence-electron chi connectivity index (χ1n) is 6.86. The lowest BCUT2D eigenvalue weighted by Gasteiger charge is -1.98. The van der Waals surface area contributed by atoms with Crippen LogP contribution in [0.5, 0.6) is 0 Å². The van der Waals surface area contributed by atoms with Gasteiger partial charge in [-0.05, 0) is 43.3 Å². The fraction of sp³-hybridized carbons (Fsp3) is 0.235. The maximum absolute atomic E-state index is 12.9. The number of H-pyrrole nitrogens is 1. The topological polar surface area (TPSA) is 28.7 Å². The molecule has 0 saturated carbocycles. The monoisotopic (exact) mass is 270 g/mol. The van der Waals surface area contributed by atoms with E-state index in [0.29, 0.717) is 0 Å². The number of rotatable bonds is 1. The van der Waals surface area contributed by atoms with E-state index in [4.69, 9.17) is 0 Å². The van der Waals surface area contributed by atoms with Crippen molar-refractivity contribution in [2.24, 2.45) is 0 Å². The lowest BCUT2D eigenvalue weighted by Crippen LogP contribution is -1.80. The molecule has 20 heavy (non-hydrogen) atoms. The van der Waals surface area contributed by atoms with Crippen LogP contribution in [0.25, 0.3) is 22.2 Å². The predicted molar refractivity (Wildman–Crippen MR) is 82.2 cm³/mol. The molecule has 0 spiro atoms. The largest absolute Gasteiger partial charge is 0.277 e. The van der Waals surface area contributed by atoms with E-state index < -0.39 is 0 Å². The molecule has 0 atom stereocenters. The van der Waals surface area contributed by atoms with Gasteiger partial charge in [0.15, 0.2) is 0 Å². The molecular weight excluding hydrogens is 251 g/mol. The number of aryl methyl sites for hydroxylation is 1. The lowest BCUT2D eigenvalue weighted by molar-refractivity contribution is 0.628. The summed E-state index contributed by atoms with van der Waals surface area (Å²) in [5.41, 5.74) is 3.96. The Hall–Kier alpha value is -2.16. The van der Waals surface area contributed by atoms with Crippen molar-refractivity contribution in [3.05, 3.63) is 53.8 Å². The minimum absolute atomic E-state index is 0.232. The lowest BCUT2D eigenvalue weighted by atomic mass is 10.1. The van der Waals surface area contributed by atoms with Crippen LogP contribution in [0.15, 0.2) is 42.5 Å². The zero-order valence-corrected chi connectivity index (χ0v) is 12.1. The minimum Gasteiger partial charge on any atom is -0.277 e. The van der Waals surface area contributed by atoms with Crippen LogP contribution in [0.1, 0.15) is 25.8 Å². The Balaban J connectivity index is 0.000000452. The molecule has 1 heterocycles. The first-order chi connectivity index (χ1) is 9.65. The molecule has 3 heteroatoms. The van der Waals surface area contributed by atoms with Gasteiger partial charge in [0.1, 0.15) is 5.82 Å². The molecule has 3 rings (SSSR count). The zero-order valence-electron chi connectivity index (χ0n) is 12.1. The summed E-state index contributed by atoms with van der Waals surface area (Å²) in [4.78, 5) is 0. The van der Waals surface area contributed by atoms with Gasteiger partial charge in [-0.3, -0.25) is 5.10 Å². The van der Waals surface area contributed by atoms with Crippen LogP contribution in [0.2, 0.25) is 0 Å². The van der Waals surface area contributed by atoms with Gasteiger partial charge in [-0.15, -0.1) is 0 Å². The van der Waals surface area contributed by atoms with Crippen LogP contribution >= 0.6 is 0 Å². The van der Waals surface area contributed by atoms with Gasteiger partial charge in [-0.25, -0.2) is 4.39 Å². The van der Waals surface area contributed by atoms with E-state index >= 15 is 0 Å². The quantitative estimate of drug-likeness (QED) is 0.655. The van der Waals surface area contributed by atoms with Crippen LogP contribution in [0.3, 0.4) is 0 Å². The Morgan fingerprint density at radius 3 is 2.35 bits per heavy atom. The van der Waals surface area contributed by atoms with Crippen molar-refractivity contribution in [1.29, 1.82) is 0 Å². The van der Waals surface area contributed by atoms with Gasteiger partial charge in [0.25, 0.3) is 0 Å². The van der Waals surface area contributed by atoms with Gasteiger partial charge < -0.3 is 0 Å². The molecule has 0 fully saturated rings. The fourth-order valence-corrected chi connectivity index (χ4v) is 1.96. The molecule has 0 radical (unpaired) electrons. The van der Waals surface area contributed by atoms with E-state index in [9.17, 15) is 4.39 Å². The van der Waals surface area contributed by atoms with E-state index in [1.165, 1.54) is 24.1 Å². The summed E-state index contributed by atoms with van der Waals surface area (Å²) >= 11 is 0. The van der Waals surface area contributed by atoms with E-state index in [0.717, 1.165) is 22.2 Å². The Kier molecular flexibility index (Phi) is 4.51. The normalized spacial score (nSPS) is 10.2. The van der Waals surface area contributed by atoms with Crippen LogP contribution in [0.4, 0.5) is 4.39 Å². The second-order valence-electron chi connectivity index (χ2n) is 4.84. The predicted octanol–water partition coefficient (Wildman–Crippen LogP) is 5.09. The SMILES string of the molecule is CCC.Cc1ccc2[nH]nc(-c3ccc(F)cc3)c2c1. The van der Waals surface area contributed by atoms with E-state index in [2.05, 4.69) is 30.1 Å². The van der Waals surface area contributed by atoms with Gasteiger partial charge in [-0.1, -0.05) is 31.9 Å². The Bertz CT molecular complexity index is 684. The number of hydrogen-bond acceptors (Lipinski definition) is 1. The highest BCUT2D eigenvalue weighted by Gasteiger charge is 2.07. The standard InChI is InChI=1S/C14H11FN2.C3H8/c1-9-2-7-13-12(8-9)14(17-16-13)10-3-5-11(15)6-4-10;1-3-2/h2-8H,1H3,(H,16,17);3H2,1-2H3. The summed E-state index contributed by atoms with van der Waals surface area (Å²) in [5.74, 6) is -0.232. The third-order valence-corrected chi connectivity index (χ3v) is 2.84. The van der Waals surface area contributed by atoms with Gasteiger partial charge in [-0.2, -0.15) is 5.10 Å². The van der Waals surface area contributed by atoms with Crippen molar-refractivity contribution in [2.45, 2.75) is 27.2 Å². The maximum atomic E-state index is 12.9. The van der Waals surface area contributed by atoms with Crippen LogP contribution in [0, 0.1) is 12.7 Å². The van der Waals surface area contributed by atoms with E-state index in [1.807, 2.05) is 19.1 Å². The molecule has 3 aromatic rings. The summed E-state index contributed by atoms with van der Waals surface area (Å²) in [6.45, 7) is 6.29. The molecule has 0 amide bonds. The number of nitrogens with zero attached hydrogens (tertiary/aromatic N) is 1. The minimum atomic E-state index is -0.232. The summed E-state index contributed by atoms with van der Waals surface area (Å²) in [7, 11) is 0. The van der Waals surface area contributed by atoms with Crippen molar-refractivity contribution in [3.63, 3.8) is 0 Å². The molecule has 0 bridgehead atoms. The van der Waals surface area contributed by atoms with Crippen molar-refractivity contribution < 1.29 is 4.39 Å². The summed E-state index contributed by atoms with van der Waals surface area (Å²) in [5, 5.41) is 8.34. The number of hydrogen-bond donors (Lipinski definition) is 1. The van der Waals surface area contributed by atoms with Crippen molar-refractivity contribution in [2.75, 3.05) is 0 Å². The average molecular weight is 270 g/mol. The summed E-state index contributed by atoms with van der Waals surface area (Å²) in [6, 6.07) is 12.5. The van der Waals surface area contributed by atoms with Gasteiger partial charge in [0, 0.05) is 10.9 Å². The van der Waals surface area contributed by atoms with E-state index in [-0.39, 0.29) is 5.82 Å². The molecular formula is C17H19FN2. The molecule has 2 nitrogen and oxygen atoms in total. The molecule has 1 N–H and O–H groups in total. The number of aromatic nitrogens is 2. The second kappa shape index (κ2) is 6.33. The number of aromatic amines is 1. The van der Waals surface area contributed by atoms with Crippen LogP contribution < -0.4 is 0 Å². The number of benzene rings is 2. The van der Waals surface area contributed by atoms with Crippen LogP contribution in [-0.2, 0) is 0 Å². The van der Waals surface area contributed by atoms with Crippen molar-refractivity contribution >= 4 is 10.9 Å². The first-order valence-corrected chi connectivity index (χ1v) is 6.86. The molecule has 1 aromatic heterocycles. The molecule has 0 aliphatic rings. The molecule has 0 saturated heterocycles. The number of nitrogens with one attached hydrogen (secondary N) is 1. The van der Waals surface area contributed by atoms with Crippen LogP contribution in [-0.4, -0.2) is 10.2 Å². The highest BCUT2D eigenvalue weighted by atomic mass is 19.1. The fourth-order valence-electron chi connectivity index (χ4n) is 1.96. The number of halogens is 1. The first kappa shape index (κ1) is 14.3. The maximum Gasteiger partial charge on any atom is 0.123 e. The second-order valence-corrected chi connectivity index (χ2v) is 4.84. The van der Waals surface area contributed by atoms with E-state index in [1.54, 1.807) is 12.1 Å². The molecule has 104 valence electrons. The van der Waals surface area contributed by atoms with Gasteiger partial charge >= 0.3 is 0 Å². The van der Waals surface area contributed by atoms with Crippen molar-refractivity contribution in [3.8, 4) is 11.3 Å². The Morgan fingerprint density at radius 1 is 1.05 bits per heavy atom. The number of fused-ring (bicyclic) bond motifs is 1. The third kappa shape index (κ3) is 3.05. The molecule has 0 unspecified atom stereocenters. The zero-order chi connectivity index (χ0) is 14.5. The molecule has 0 aliphatic heterocycles. The molecule has 2 aromatic carbocycles. The van der Waals surface area contributed by atoms with Crippen molar-refractivity contribution in [1.82, 2.24) is 10.2 Å². The van der Waals surface area contributed by atoms with Gasteiger partial charge in [0.05, 0.1) is 11.2 Å². The summed E-state index contributed by atoms with van der Waals surface area (Å²) < 4.78 is 12.9. The van der Waals surface area contributed by atoms with Gasteiger partial charge in [0.2, 0.25) is 0 Å². The summed E-state index contributed by atoms with van der Waals surface area (Å²) in [6.07, 6.45) is 1.25.